The summed E-state index contributed by atoms with van der Waals surface area (Å²) in [6.07, 6.45) is 4.17. The number of nitrogens with zero attached hydrogens (tertiary/aromatic N) is 5. The van der Waals surface area contributed by atoms with E-state index in [0.717, 1.165) is 45.3 Å². The Morgan fingerprint density at radius 3 is 2.71 bits per heavy atom. The third-order valence-electron chi connectivity index (χ3n) is 4.76. The van der Waals surface area contributed by atoms with Crippen molar-refractivity contribution < 1.29 is 4.74 Å². The standard InChI is InChI=1S/C19H37N7O.HI/c1-15(2)12-26-7-8-27-17(14-26)10-21-19(20-3)22-11-18(24(4)5)16-9-23-25(6)13-16;/h9,13,15,17-18H,7-8,10-12,14H2,1-6H3,(H2,20,21,22);1H. The highest BCUT2D eigenvalue weighted by molar-refractivity contribution is 14.0. The van der Waals surface area contributed by atoms with Gasteiger partial charge in [0, 0.05) is 58.6 Å². The monoisotopic (exact) mass is 507 g/mol. The Hall–Kier alpha value is -0.910. The summed E-state index contributed by atoms with van der Waals surface area (Å²) < 4.78 is 7.75. The third-order valence-corrected chi connectivity index (χ3v) is 4.76. The number of aryl methyl sites for hydroxylation is 1. The Balaban J connectivity index is 0.00000392. The largest absolute Gasteiger partial charge is 0.374 e. The first-order valence-electron chi connectivity index (χ1n) is 9.82. The van der Waals surface area contributed by atoms with Crippen LogP contribution in [0, 0.1) is 5.92 Å². The zero-order valence-electron chi connectivity index (χ0n) is 18.2. The van der Waals surface area contributed by atoms with Gasteiger partial charge >= 0.3 is 0 Å². The Morgan fingerprint density at radius 2 is 2.14 bits per heavy atom. The van der Waals surface area contributed by atoms with Gasteiger partial charge in [-0.15, -0.1) is 24.0 Å². The number of rotatable bonds is 8. The Kier molecular flexibility index (Phi) is 11.3. The molecule has 1 fully saturated rings. The molecule has 2 atom stereocenters. The summed E-state index contributed by atoms with van der Waals surface area (Å²) in [5, 5.41) is 11.1. The number of likely N-dealkylation sites (N-methyl/N-ethyl adjacent to an activating group) is 1. The van der Waals surface area contributed by atoms with Gasteiger partial charge in [-0.1, -0.05) is 13.8 Å². The van der Waals surface area contributed by atoms with E-state index in [2.05, 4.69) is 64.7 Å². The third kappa shape index (κ3) is 8.22. The van der Waals surface area contributed by atoms with E-state index in [-0.39, 0.29) is 36.1 Å². The van der Waals surface area contributed by atoms with Crippen molar-refractivity contribution in [3.8, 4) is 0 Å². The summed E-state index contributed by atoms with van der Waals surface area (Å²) in [5.41, 5.74) is 1.19. The van der Waals surface area contributed by atoms with Crippen molar-refractivity contribution in [3.63, 3.8) is 0 Å². The molecule has 9 heteroatoms. The van der Waals surface area contributed by atoms with Crippen molar-refractivity contribution in [1.82, 2.24) is 30.2 Å². The number of hydrogen-bond donors (Lipinski definition) is 2. The predicted octanol–water partition coefficient (Wildman–Crippen LogP) is 1.16. The summed E-state index contributed by atoms with van der Waals surface area (Å²) in [7, 11) is 7.90. The summed E-state index contributed by atoms with van der Waals surface area (Å²) in [6, 6.07) is 0.227. The maximum Gasteiger partial charge on any atom is 0.191 e. The number of nitrogens with one attached hydrogen (secondary N) is 2. The van der Waals surface area contributed by atoms with Crippen LogP contribution in [0.1, 0.15) is 25.5 Å². The van der Waals surface area contributed by atoms with E-state index < -0.39 is 0 Å². The van der Waals surface area contributed by atoms with Crippen LogP contribution in [0.3, 0.4) is 0 Å². The molecule has 1 aromatic rings. The summed E-state index contributed by atoms with van der Waals surface area (Å²) >= 11 is 0. The number of aliphatic imine (C=N–C) groups is 1. The molecule has 0 spiro atoms. The molecule has 2 heterocycles. The smallest absolute Gasteiger partial charge is 0.191 e. The lowest BCUT2D eigenvalue weighted by Crippen LogP contribution is -2.50. The lowest BCUT2D eigenvalue weighted by Gasteiger charge is -2.34. The molecule has 1 aliphatic heterocycles. The molecule has 0 bridgehead atoms. The van der Waals surface area contributed by atoms with Crippen molar-refractivity contribution in [2.45, 2.75) is 26.0 Å². The van der Waals surface area contributed by atoms with E-state index in [1.807, 2.05) is 17.9 Å². The van der Waals surface area contributed by atoms with E-state index in [0.29, 0.717) is 5.92 Å². The van der Waals surface area contributed by atoms with Crippen LogP contribution in [0.25, 0.3) is 0 Å². The number of ether oxygens (including phenoxy) is 1. The fourth-order valence-corrected chi connectivity index (χ4v) is 3.42. The van der Waals surface area contributed by atoms with Gasteiger partial charge in [0.25, 0.3) is 0 Å². The van der Waals surface area contributed by atoms with Crippen LogP contribution in [0.2, 0.25) is 0 Å². The molecular weight excluding hydrogens is 469 g/mol. The zero-order chi connectivity index (χ0) is 19.8. The molecule has 1 aliphatic rings. The van der Waals surface area contributed by atoms with Crippen LogP contribution in [0.5, 0.6) is 0 Å². The predicted molar refractivity (Wildman–Crippen MR) is 125 cm³/mol. The lowest BCUT2D eigenvalue weighted by atomic mass is 10.1. The van der Waals surface area contributed by atoms with E-state index in [1.165, 1.54) is 5.56 Å². The van der Waals surface area contributed by atoms with Crippen LogP contribution < -0.4 is 10.6 Å². The molecule has 1 saturated heterocycles. The second kappa shape index (κ2) is 12.6. The summed E-state index contributed by atoms with van der Waals surface area (Å²) in [4.78, 5) is 9.03. The first-order chi connectivity index (χ1) is 12.9. The fourth-order valence-electron chi connectivity index (χ4n) is 3.42. The van der Waals surface area contributed by atoms with Gasteiger partial charge in [0.15, 0.2) is 5.96 Å². The minimum absolute atomic E-state index is 0. The molecule has 8 nitrogen and oxygen atoms in total. The maximum absolute atomic E-state index is 5.91. The molecule has 1 aromatic heterocycles. The van der Waals surface area contributed by atoms with Crippen LogP contribution in [0.15, 0.2) is 17.4 Å². The van der Waals surface area contributed by atoms with Gasteiger partial charge < -0.3 is 20.3 Å². The van der Waals surface area contributed by atoms with Gasteiger partial charge in [-0.3, -0.25) is 14.6 Å². The maximum atomic E-state index is 5.91. The zero-order valence-corrected chi connectivity index (χ0v) is 20.5. The quantitative estimate of drug-likeness (QED) is 0.313. The topological polar surface area (TPSA) is 70.0 Å². The molecule has 0 aromatic carbocycles. The minimum atomic E-state index is 0. The molecule has 162 valence electrons. The number of morpholine rings is 1. The highest BCUT2D eigenvalue weighted by Crippen LogP contribution is 2.16. The molecule has 0 aliphatic carbocycles. The van der Waals surface area contributed by atoms with Crippen LogP contribution in [-0.2, 0) is 11.8 Å². The van der Waals surface area contributed by atoms with Crippen molar-refractivity contribution in [2.75, 3.05) is 60.5 Å². The molecule has 2 rings (SSSR count). The molecule has 0 saturated carbocycles. The second-order valence-corrected chi connectivity index (χ2v) is 7.91. The molecular formula is C19H38IN7O. The molecule has 2 N–H and O–H groups in total. The number of aromatic nitrogens is 2. The van der Waals surface area contributed by atoms with Gasteiger partial charge in [-0.25, -0.2) is 0 Å². The van der Waals surface area contributed by atoms with Crippen LogP contribution in [0.4, 0.5) is 0 Å². The second-order valence-electron chi connectivity index (χ2n) is 7.91. The van der Waals surface area contributed by atoms with Crippen molar-refractivity contribution in [3.05, 3.63) is 18.0 Å². The molecule has 28 heavy (non-hydrogen) atoms. The SMILES string of the molecule is CN=C(NCC1CN(CC(C)C)CCO1)NCC(c1cnn(C)c1)N(C)C.I. The van der Waals surface area contributed by atoms with E-state index >= 15 is 0 Å². The van der Waals surface area contributed by atoms with E-state index in [1.54, 1.807) is 7.05 Å². The lowest BCUT2D eigenvalue weighted by molar-refractivity contribution is -0.0284. The Morgan fingerprint density at radius 1 is 1.39 bits per heavy atom. The summed E-state index contributed by atoms with van der Waals surface area (Å²) in [5.74, 6) is 1.48. The first-order valence-corrected chi connectivity index (χ1v) is 9.82. The van der Waals surface area contributed by atoms with Crippen molar-refractivity contribution >= 4 is 29.9 Å². The number of halogens is 1. The normalized spacial score (nSPS) is 19.6. The Labute approximate surface area is 187 Å². The average Bonchev–Trinajstić information content (AvgIpc) is 3.03. The average molecular weight is 507 g/mol. The highest BCUT2D eigenvalue weighted by Gasteiger charge is 2.21. The van der Waals surface area contributed by atoms with Crippen molar-refractivity contribution in [2.24, 2.45) is 18.0 Å². The Bertz CT molecular complexity index is 591. The van der Waals surface area contributed by atoms with E-state index in [9.17, 15) is 0 Å². The van der Waals surface area contributed by atoms with Gasteiger partial charge in [-0.05, 0) is 20.0 Å². The van der Waals surface area contributed by atoms with Gasteiger partial charge in [0.1, 0.15) is 0 Å². The highest BCUT2D eigenvalue weighted by atomic mass is 127. The fraction of sp³-hybridized carbons (Fsp3) is 0.789. The van der Waals surface area contributed by atoms with E-state index in [4.69, 9.17) is 4.74 Å². The van der Waals surface area contributed by atoms with Crippen LogP contribution in [-0.4, -0.2) is 92.1 Å². The van der Waals surface area contributed by atoms with Gasteiger partial charge in [0.2, 0.25) is 0 Å². The van der Waals surface area contributed by atoms with Gasteiger partial charge in [-0.2, -0.15) is 5.10 Å². The van der Waals surface area contributed by atoms with Gasteiger partial charge in [0.05, 0.1) is 24.9 Å². The van der Waals surface area contributed by atoms with Crippen LogP contribution >= 0.6 is 24.0 Å². The first kappa shape index (κ1) is 25.1. The summed E-state index contributed by atoms with van der Waals surface area (Å²) in [6.45, 7) is 9.96. The molecule has 0 radical (unpaired) electrons. The molecule has 0 amide bonds. The molecule has 2 unspecified atom stereocenters. The van der Waals surface area contributed by atoms with Crippen molar-refractivity contribution in [1.29, 1.82) is 0 Å². The number of hydrogen-bond acceptors (Lipinski definition) is 5. The minimum Gasteiger partial charge on any atom is -0.374 e. The number of guanidine groups is 1.